The molecule has 3 N–H and O–H groups in total. The van der Waals surface area contributed by atoms with Gasteiger partial charge in [0.25, 0.3) is 5.91 Å². The Morgan fingerprint density at radius 2 is 1.66 bits per heavy atom. The Hall–Kier alpha value is -4.07. The van der Waals surface area contributed by atoms with E-state index in [1.807, 2.05) is 63.2 Å². The third kappa shape index (κ3) is 8.22. The summed E-state index contributed by atoms with van der Waals surface area (Å²) in [7, 11) is 0. The van der Waals surface area contributed by atoms with Gasteiger partial charge in [-0.2, -0.15) is 0 Å². The van der Waals surface area contributed by atoms with E-state index in [4.69, 9.17) is 4.74 Å². The zero-order chi connectivity index (χ0) is 30.3. The highest BCUT2D eigenvalue weighted by molar-refractivity contribution is 6.00. The molecule has 8 heteroatoms. The summed E-state index contributed by atoms with van der Waals surface area (Å²) in [5, 5.41) is 18.0. The van der Waals surface area contributed by atoms with Crippen LogP contribution in [0.25, 0.3) is 10.8 Å². The molecule has 0 radical (unpaired) electrons. The number of carbonyl (C=O) groups is 3. The number of nitrogens with one attached hydrogen (secondary N) is 2. The van der Waals surface area contributed by atoms with Crippen molar-refractivity contribution < 1.29 is 24.2 Å². The van der Waals surface area contributed by atoms with Crippen molar-refractivity contribution in [2.75, 3.05) is 11.9 Å². The average Bonchev–Trinajstić information content (AvgIpc) is 2.91. The normalized spacial score (nSPS) is 13.6. The van der Waals surface area contributed by atoms with E-state index in [0.717, 1.165) is 10.8 Å². The van der Waals surface area contributed by atoms with Crippen molar-refractivity contribution in [2.45, 2.75) is 79.0 Å². The number of alkyl carbamates (subject to hydrolysis) is 1. The summed E-state index contributed by atoms with van der Waals surface area (Å²) in [5.41, 5.74) is 1.01. The number of rotatable bonds is 10. The number of phenolic OH excluding ortho intramolecular Hbond substituents is 1. The molecule has 3 atom stereocenters. The number of aryl methyl sites for hydroxylation is 1. The third-order valence-electron chi connectivity index (χ3n) is 7.01. The van der Waals surface area contributed by atoms with Crippen LogP contribution in [0.1, 0.15) is 71.6 Å². The molecular formula is C33H43N3O5. The van der Waals surface area contributed by atoms with Crippen molar-refractivity contribution in [3.8, 4) is 5.75 Å². The first-order chi connectivity index (χ1) is 19.3. The lowest BCUT2D eigenvalue weighted by Gasteiger charge is -2.36. The minimum atomic E-state index is -1.01. The van der Waals surface area contributed by atoms with E-state index in [9.17, 15) is 19.5 Å². The maximum absolute atomic E-state index is 14.3. The number of anilines is 1. The highest BCUT2D eigenvalue weighted by Gasteiger charge is 2.38. The first-order valence-corrected chi connectivity index (χ1v) is 14.2. The van der Waals surface area contributed by atoms with Crippen LogP contribution < -0.4 is 10.6 Å². The molecule has 8 nitrogen and oxygen atoms in total. The number of amides is 3. The van der Waals surface area contributed by atoms with E-state index in [0.29, 0.717) is 29.7 Å². The second kappa shape index (κ2) is 13.5. The molecule has 0 saturated heterocycles. The van der Waals surface area contributed by atoms with Gasteiger partial charge in [-0.05, 0) is 86.2 Å². The molecule has 0 aliphatic heterocycles. The van der Waals surface area contributed by atoms with Gasteiger partial charge in [-0.3, -0.25) is 9.59 Å². The van der Waals surface area contributed by atoms with Crippen LogP contribution in [0.4, 0.5) is 10.5 Å². The Labute approximate surface area is 243 Å². The van der Waals surface area contributed by atoms with Crippen LogP contribution in [0.2, 0.25) is 0 Å². The zero-order valence-electron chi connectivity index (χ0n) is 25.2. The van der Waals surface area contributed by atoms with Crippen LogP contribution in [0.15, 0.2) is 60.7 Å². The summed E-state index contributed by atoms with van der Waals surface area (Å²) in [6.45, 7) is 13.1. The number of phenols is 1. The van der Waals surface area contributed by atoms with Gasteiger partial charge in [0.15, 0.2) is 0 Å². The van der Waals surface area contributed by atoms with Crippen LogP contribution in [0.5, 0.6) is 5.75 Å². The lowest BCUT2D eigenvalue weighted by Crippen LogP contribution is -2.54. The summed E-state index contributed by atoms with van der Waals surface area (Å²) in [5.74, 6) is -0.899. The first-order valence-electron chi connectivity index (χ1n) is 14.2. The smallest absolute Gasteiger partial charge is 0.408 e. The molecular weight excluding hydrogens is 518 g/mol. The van der Waals surface area contributed by atoms with Gasteiger partial charge in [-0.25, -0.2) is 4.79 Å². The van der Waals surface area contributed by atoms with Gasteiger partial charge in [0, 0.05) is 12.2 Å². The minimum Gasteiger partial charge on any atom is -0.508 e. The molecule has 3 rings (SSSR count). The highest BCUT2D eigenvalue weighted by Crippen LogP contribution is 2.30. The third-order valence-corrected chi connectivity index (χ3v) is 7.01. The van der Waals surface area contributed by atoms with Gasteiger partial charge >= 0.3 is 6.09 Å². The maximum Gasteiger partial charge on any atom is 0.408 e. The van der Waals surface area contributed by atoms with Crippen molar-refractivity contribution in [3.63, 3.8) is 0 Å². The molecule has 0 aromatic heterocycles. The second-order valence-electron chi connectivity index (χ2n) is 11.5. The van der Waals surface area contributed by atoms with Crippen LogP contribution in [-0.4, -0.2) is 46.1 Å². The Morgan fingerprint density at radius 1 is 0.976 bits per heavy atom. The van der Waals surface area contributed by atoms with Crippen molar-refractivity contribution in [1.29, 1.82) is 0 Å². The summed E-state index contributed by atoms with van der Waals surface area (Å²) >= 11 is 0. The van der Waals surface area contributed by atoms with Crippen LogP contribution >= 0.6 is 0 Å². The van der Waals surface area contributed by atoms with Crippen LogP contribution in [-0.2, 0) is 14.3 Å². The van der Waals surface area contributed by atoms with Gasteiger partial charge in [-0.1, -0.05) is 63.6 Å². The Morgan fingerprint density at radius 3 is 2.27 bits per heavy atom. The van der Waals surface area contributed by atoms with Crippen LogP contribution in [0.3, 0.4) is 0 Å². The molecule has 0 saturated carbocycles. The average molecular weight is 562 g/mol. The quantitative estimate of drug-likeness (QED) is 0.255. The SMILES string of the molecule is CCCN(C(=O)C(NC(=O)OC(C)(C)C)C(C)CC)C(C(=O)Nc1ccc2ccccc2c1)c1ccc(O)c(C)c1. The molecule has 220 valence electrons. The van der Waals surface area contributed by atoms with Crippen molar-refractivity contribution in [1.82, 2.24) is 10.2 Å². The number of hydrogen-bond donors (Lipinski definition) is 3. The van der Waals surface area contributed by atoms with Gasteiger partial charge in [0.1, 0.15) is 23.4 Å². The van der Waals surface area contributed by atoms with Gasteiger partial charge in [-0.15, -0.1) is 0 Å². The molecule has 3 unspecified atom stereocenters. The molecule has 3 aromatic rings. The lowest BCUT2D eigenvalue weighted by atomic mass is 9.95. The number of fused-ring (bicyclic) bond motifs is 1. The van der Waals surface area contributed by atoms with E-state index in [-0.39, 0.29) is 24.1 Å². The van der Waals surface area contributed by atoms with Crippen molar-refractivity contribution in [2.24, 2.45) is 5.92 Å². The van der Waals surface area contributed by atoms with Gasteiger partial charge in [0.2, 0.25) is 5.91 Å². The fourth-order valence-electron chi connectivity index (χ4n) is 4.70. The first kappa shape index (κ1) is 31.5. The van der Waals surface area contributed by atoms with E-state index in [2.05, 4.69) is 10.6 Å². The van der Waals surface area contributed by atoms with E-state index < -0.39 is 29.7 Å². The molecule has 41 heavy (non-hydrogen) atoms. The lowest BCUT2D eigenvalue weighted by molar-refractivity contribution is -0.141. The van der Waals surface area contributed by atoms with Gasteiger partial charge < -0.3 is 25.4 Å². The summed E-state index contributed by atoms with van der Waals surface area (Å²) in [6.07, 6.45) is 0.519. The predicted molar refractivity (Wildman–Crippen MR) is 163 cm³/mol. The topological polar surface area (TPSA) is 108 Å². The fourth-order valence-corrected chi connectivity index (χ4v) is 4.70. The monoisotopic (exact) mass is 561 g/mol. The summed E-state index contributed by atoms with van der Waals surface area (Å²) in [6, 6.07) is 16.5. The van der Waals surface area contributed by atoms with Crippen LogP contribution in [0, 0.1) is 12.8 Å². The maximum atomic E-state index is 14.3. The largest absolute Gasteiger partial charge is 0.508 e. The number of hydrogen-bond acceptors (Lipinski definition) is 5. The number of carbonyl (C=O) groups excluding carboxylic acids is 3. The molecule has 0 heterocycles. The van der Waals surface area contributed by atoms with E-state index >= 15 is 0 Å². The fraction of sp³-hybridized carbons (Fsp3) is 0.424. The number of benzene rings is 3. The van der Waals surface area contributed by atoms with E-state index in [1.54, 1.807) is 39.8 Å². The Bertz CT molecular complexity index is 1380. The van der Waals surface area contributed by atoms with E-state index in [1.165, 1.54) is 11.0 Å². The zero-order valence-corrected chi connectivity index (χ0v) is 25.2. The summed E-state index contributed by atoms with van der Waals surface area (Å²) in [4.78, 5) is 42.6. The second-order valence-corrected chi connectivity index (χ2v) is 11.5. The molecule has 0 spiro atoms. The number of nitrogens with zero attached hydrogens (tertiary/aromatic N) is 1. The minimum absolute atomic E-state index is 0.0971. The number of aromatic hydroxyl groups is 1. The molecule has 0 bridgehead atoms. The van der Waals surface area contributed by atoms with Crippen molar-refractivity contribution >= 4 is 34.4 Å². The molecule has 0 aliphatic rings. The Kier molecular flexibility index (Phi) is 10.4. The highest BCUT2D eigenvalue weighted by atomic mass is 16.6. The number of ether oxygens (including phenoxy) is 1. The predicted octanol–water partition coefficient (Wildman–Crippen LogP) is 6.71. The van der Waals surface area contributed by atoms with Gasteiger partial charge in [0.05, 0.1) is 0 Å². The van der Waals surface area contributed by atoms with Crippen molar-refractivity contribution in [3.05, 3.63) is 71.8 Å². The molecule has 3 aromatic carbocycles. The molecule has 0 aliphatic carbocycles. The molecule has 3 amide bonds. The summed E-state index contributed by atoms with van der Waals surface area (Å²) < 4.78 is 5.46. The molecule has 0 fully saturated rings. The standard InChI is InChI=1S/C33H43N3O5/c1-8-18-36(31(39)28(21(3)9-2)35-32(40)41-33(5,6)7)29(25-15-17-27(37)22(4)19-25)30(38)34-26-16-14-23-12-10-11-13-24(23)20-26/h10-17,19-21,28-29,37H,8-9,18H2,1-7H3,(H,34,38)(H,35,40). The Balaban J connectivity index is 2.04.